The molecule has 0 aromatic carbocycles. The van der Waals surface area contributed by atoms with Crippen LogP contribution in [0, 0.1) is 25.2 Å². The smallest absolute Gasteiger partial charge is 0.259 e. The molecule has 78 valence electrons. The fraction of sp³-hybridized carbons (Fsp3) is 0.300. The summed E-state index contributed by atoms with van der Waals surface area (Å²) in [7, 11) is 1.80. The second-order valence-electron chi connectivity index (χ2n) is 3.24. The first-order valence-electron chi connectivity index (χ1n) is 4.39. The fourth-order valence-electron chi connectivity index (χ4n) is 1.30. The van der Waals surface area contributed by atoms with Gasteiger partial charge in [0.25, 0.3) is 5.91 Å². The van der Waals surface area contributed by atoms with Crippen LogP contribution in [-0.4, -0.2) is 15.7 Å². The monoisotopic (exact) mass is 204 g/mol. The van der Waals surface area contributed by atoms with Crippen LogP contribution in [0.15, 0.2) is 5.57 Å². The molecule has 1 aromatic rings. The van der Waals surface area contributed by atoms with Gasteiger partial charge in [0.05, 0.1) is 5.69 Å². The van der Waals surface area contributed by atoms with Gasteiger partial charge >= 0.3 is 0 Å². The number of nitriles is 1. The van der Waals surface area contributed by atoms with Crippen molar-refractivity contribution in [2.24, 2.45) is 12.8 Å². The number of rotatable bonds is 2. The molecule has 0 atom stereocenters. The molecule has 1 heterocycles. The maximum atomic E-state index is 10.9. The summed E-state index contributed by atoms with van der Waals surface area (Å²) in [6, 6.07) is 1.76. The zero-order valence-corrected chi connectivity index (χ0v) is 8.90. The van der Waals surface area contributed by atoms with Crippen molar-refractivity contribution in [2.45, 2.75) is 13.8 Å². The summed E-state index contributed by atoms with van der Waals surface area (Å²) in [5, 5.41) is 12.9. The molecule has 0 aliphatic heterocycles. The second-order valence-corrected chi connectivity index (χ2v) is 3.24. The van der Waals surface area contributed by atoms with Gasteiger partial charge in [0.1, 0.15) is 11.6 Å². The Morgan fingerprint density at radius 2 is 2.20 bits per heavy atom. The van der Waals surface area contributed by atoms with Crippen LogP contribution in [-0.2, 0) is 11.8 Å². The van der Waals surface area contributed by atoms with E-state index in [1.807, 2.05) is 13.8 Å². The van der Waals surface area contributed by atoms with Gasteiger partial charge in [-0.15, -0.1) is 0 Å². The average molecular weight is 204 g/mol. The standard InChI is InChI=1S/C10H12N4O/c1-6-9(7(2)14(3)13-6)4-8(5-11)10(12)15/h4H,1-3H3,(H2,12,15)/b8-4+. The Morgan fingerprint density at radius 3 is 2.53 bits per heavy atom. The molecule has 15 heavy (non-hydrogen) atoms. The Balaban J connectivity index is 3.30. The molecule has 2 N–H and O–H groups in total. The largest absolute Gasteiger partial charge is 0.365 e. The van der Waals surface area contributed by atoms with Crippen molar-refractivity contribution in [1.29, 1.82) is 5.26 Å². The Hall–Kier alpha value is -2.09. The zero-order chi connectivity index (χ0) is 11.6. The van der Waals surface area contributed by atoms with E-state index in [0.29, 0.717) is 0 Å². The predicted molar refractivity (Wildman–Crippen MR) is 55.5 cm³/mol. The zero-order valence-electron chi connectivity index (χ0n) is 8.90. The first-order chi connectivity index (χ1) is 6.97. The van der Waals surface area contributed by atoms with E-state index in [9.17, 15) is 4.79 Å². The van der Waals surface area contributed by atoms with Crippen LogP contribution in [0.2, 0.25) is 0 Å². The maximum Gasteiger partial charge on any atom is 0.259 e. The summed E-state index contributed by atoms with van der Waals surface area (Å²) in [5.41, 5.74) is 7.41. The second kappa shape index (κ2) is 3.96. The van der Waals surface area contributed by atoms with E-state index in [-0.39, 0.29) is 5.57 Å². The van der Waals surface area contributed by atoms with E-state index in [1.165, 1.54) is 6.08 Å². The number of amides is 1. The highest BCUT2D eigenvalue weighted by Gasteiger charge is 2.10. The number of primary amides is 1. The van der Waals surface area contributed by atoms with Crippen molar-refractivity contribution >= 4 is 12.0 Å². The number of nitrogens with two attached hydrogens (primary N) is 1. The molecule has 1 rings (SSSR count). The molecule has 0 aliphatic carbocycles. The summed E-state index contributed by atoms with van der Waals surface area (Å²) < 4.78 is 1.69. The fourth-order valence-corrected chi connectivity index (χ4v) is 1.30. The highest BCUT2D eigenvalue weighted by molar-refractivity contribution is 6.00. The van der Waals surface area contributed by atoms with Crippen LogP contribution >= 0.6 is 0 Å². The van der Waals surface area contributed by atoms with Crippen LogP contribution in [0.4, 0.5) is 0 Å². The van der Waals surface area contributed by atoms with Gasteiger partial charge in [-0.2, -0.15) is 10.4 Å². The minimum atomic E-state index is -0.722. The van der Waals surface area contributed by atoms with Crippen molar-refractivity contribution in [3.05, 3.63) is 22.5 Å². The Kier molecular flexibility index (Phi) is 2.90. The van der Waals surface area contributed by atoms with Crippen molar-refractivity contribution in [1.82, 2.24) is 9.78 Å². The third-order valence-corrected chi connectivity index (χ3v) is 2.24. The molecule has 0 radical (unpaired) electrons. The molecule has 0 saturated carbocycles. The van der Waals surface area contributed by atoms with Crippen LogP contribution in [0.3, 0.4) is 0 Å². The number of aryl methyl sites for hydroxylation is 2. The number of carbonyl (C=O) groups is 1. The first-order valence-corrected chi connectivity index (χ1v) is 4.39. The number of aromatic nitrogens is 2. The minimum Gasteiger partial charge on any atom is -0.365 e. The molecule has 0 unspecified atom stereocenters. The summed E-state index contributed by atoms with van der Waals surface area (Å²) >= 11 is 0. The first kappa shape index (κ1) is 11.0. The summed E-state index contributed by atoms with van der Waals surface area (Å²) in [4.78, 5) is 10.9. The van der Waals surface area contributed by atoms with Gasteiger partial charge in [-0.3, -0.25) is 9.48 Å². The summed E-state index contributed by atoms with van der Waals surface area (Å²) in [6.07, 6.45) is 1.47. The van der Waals surface area contributed by atoms with Crippen molar-refractivity contribution in [2.75, 3.05) is 0 Å². The van der Waals surface area contributed by atoms with Gasteiger partial charge in [-0.05, 0) is 19.9 Å². The molecular formula is C10H12N4O. The van der Waals surface area contributed by atoms with Crippen molar-refractivity contribution < 1.29 is 4.79 Å². The van der Waals surface area contributed by atoms with Gasteiger partial charge in [-0.25, -0.2) is 0 Å². The molecule has 0 fully saturated rings. The van der Waals surface area contributed by atoms with E-state index in [0.717, 1.165) is 17.0 Å². The normalized spacial score (nSPS) is 11.2. The predicted octanol–water partition coefficient (Wildman–Crippen LogP) is 0.429. The van der Waals surface area contributed by atoms with Gasteiger partial charge in [-0.1, -0.05) is 0 Å². The number of hydrogen-bond donors (Lipinski definition) is 1. The molecule has 0 saturated heterocycles. The lowest BCUT2D eigenvalue weighted by atomic mass is 10.1. The molecule has 5 nitrogen and oxygen atoms in total. The van der Waals surface area contributed by atoms with E-state index in [4.69, 9.17) is 11.0 Å². The molecule has 0 aliphatic rings. The van der Waals surface area contributed by atoms with E-state index in [2.05, 4.69) is 5.10 Å². The minimum absolute atomic E-state index is 0.0609. The number of nitrogens with zero attached hydrogens (tertiary/aromatic N) is 3. The van der Waals surface area contributed by atoms with E-state index in [1.54, 1.807) is 17.8 Å². The van der Waals surface area contributed by atoms with Crippen LogP contribution in [0.25, 0.3) is 6.08 Å². The van der Waals surface area contributed by atoms with Crippen LogP contribution in [0.5, 0.6) is 0 Å². The van der Waals surface area contributed by atoms with Crippen LogP contribution < -0.4 is 5.73 Å². The Labute approximate surface area is 87.8 Å². The lowest BCUT2D eigenvalue weighted by molar-refractivity contribution is -0.114. The Morgan fingerprint density at radius 1 is 1.60 bits per heavy atom. The van der Waals surface area contributed by atoms with Crippen molar-refractivity contribution in [3.8, 4) is 6.07 Å². The third kappa shape index (κ3) is 2.05. The SMILES string of the molecule is Cc1nn(C)c(C)c1/C=C(\C#N)C(N)=O. The summed E-state index contributed by atoms with van der Waals surface area (Å²) in [5.74, 6) is -0.722. The topological polar surface area (TPSA) is 84.7 Å². The highest BCUT2D eigenvalue weighted by atomic mass is 16.1. The molecule has 5 heteroatoms. The number of hydrogen-bond acceptors (Lipinski definition) is 3. The van der Waals surface area contributed by atoms with E-state index < -0.39 is 5.91 Å². The van der Waals surface area contributed by atoms with E-state index >= 15 is 0 Å². The lowest BCUT2D eigenvalue weighted by Gasteiger charge is -1.95. The summed E-state index contributed by atoms with van der Waals surface area (Å²) in [6.45, 7) is 3.68. The average Bonchev–Trinajstić information content (AvgIpc) is 2.39. The van der Waals surface area contributed by atoms with Gasteiger partial charge in [0, 0.05) is 18.3 Å². The molecule has 1 aromatic heterocycles. The molecular weight excluding hydrogens is 192 g/mol. The lowest BCUT2D eigenvalue weighted by Crippen LogP contribution is -2.12. The molecule has 0 spiro atoms. The van der Waals surface area contributed by atoms with Gasteiger partial charge in [0.15, 0.2) is 0 Å². The Bertz CT molecular complexity index is 476. The molecule has 0 bridgehead atoms. The van der Waals surface area contributed by atoms with Crippen molar-refractivity contribution in [3.63, 3.8) is 0 Å². The number of carbonyl (C=O) groups excluding carboxylic acids is 1. The maximum absolute atomic E-state index is 10.9. The quantitative estimate of drug-likeness (QED) is 0.560. The highest BCUT2D eigenvalue weighted by Crippen LogP contribution is 2.15. The third-order valence-electron chi connectivity index (χ3n) is 2.24. The van der Waals surface area contributed by atoms with Gasteiger partial charge in [0.2, 0.25) is 0 Å². The van der Waals surface area contributed by atoms with Crippen LogP contribution in [0.1, 0.15) is 17.0 Å². The van der Waals surface area contributed by atoms with Gasteiger partial charge < -0.3 is 5.73 Å². The molecule has 1 amide bonds.